The van der Waals surface area contributed by atoms with Crippen LogP contribution in [0.3, 0.4) is 0 Å². The molecule has 0 aliphatic rings. The number of carbonyl (C=O) groups is 1. The molecule has 35 heavy (non-hydrogen) atoms. The molecule has 3 rings (SSSR count). The molecule has 0 atom stereocenters. The van der Waals surface area contributed by atoms with Crippen molar-refractivity contribution in [1.29, 1.82) is 0 Å². The maximum absolute atomic E-state index is 12.6. The van der Waals surface area contributed by atoms with Gasteiger partial charge in [0.1, 0.15) is 5.52 Å². The number of aromatic nitrogens is 4. The highest BCUT2D eigenvalue weighted by molar-refractivity contribution is 5.81. The van der Waals surface area contributed by atoms with E-state index in [1.807, 2.05) is 24.3 Å². The number of ether oxygens (including phenoxy) is 2. The van der Waals surface area contributed by atoms with Gasteiger partial charge in [0, 0.05) is 19.6 Å². The van der Waals surface area contributed by atoms with Crippen LogP contribution in [0.1, 0.15) is 50.7 Å². The van der Waals surface area contributed by atoms with Crippen LogP contribution in [0.25, 0.3) is 11.2 Å². The Kier molecular flexibility index (Phi) is 9.66. The number of esters is 1. The van der Waals surface area contributed by atoms with Crippen LogP contribution in [0.15, 0.2) is 29.1 Å². The Morgan fingerprint density at radius 1 is 1.09 bits per heavy atom. The van der Waals surface area contributed by atoms with E-state index in [1.54, 1.807) is 4.57 Å². The Balaban J connectivity index is 1.64. The second-order valence-electron chi connectivity index (χ2n) is 8.57. The lowest BCUT2D eigenvalue weighted by atomic mass is 10.1. The first-order chi connectivity index (χ1) is 16.9. The summed E-state index contributed by atoms with van der Waals surface area (Å²) in [6.07, 6.45) is 3.95. The van der Waals surface area contributed by atoms with Gasteiger partial charge in [0.15, 0.2) is 11.5 Å². The second kappa shape index (κ2) is 12.9. The monoisotopic (exact) mass is 484 g/mol. The molecule has 0 saturated carbocycles. The van der Waals surface area contributed by atoms with Crippen molar-refractivity contribution in [2.45, 2.75) is 59.0 Å². The molecule has 0 amide bonds. The molecule has 3 N–H and O–H groups in total. The predicted molar refractivity (Wildman–Crippen MR) is 135 cm³/mol. The van der Waals surface area contributed by atoms with Gasteiger partial charge in [-0.05, 0) is 36.9 Å². The van der Waals surface area contributed by atoms with Crippen LogP contribution in [-0.2, 0) is 29.0 Å². The summed E-state index contributed by atoms with van der Waals surface area (Å²) in [6, 6.07) is 8.22. The van der Waals surface area contributed by atoms with Crippen LogP contribution >= 0.6 is 0 Å². The number of rotatable bonds is 14. The van der Waals surface area contributed by atoms with E-state index >= 15 is 0 Å². The first kappa shape index (κ1) is 26.2. The number of hydrogen-bond donors (Lipinski definition) is 2. The number of methoxy groups -OCH3 is 1. The van der Waals surface area contributed by atoms with Gasteiger partial charge in [0.25, 0.3) is 0 Å². The zero-order valence-corrected chi connectivity index (χ0v) is 20.9. The maximum atomic E-state index is 12.6. The Morgan fingerprint density at radius 2 is 1.83 bits per heavy atom. The lowest BCUT2D eigenvalue weighted by Gasteiger charge is -2.22. The van der Waals surface area contributed by atoms with E-state index in [1.165, 1.54) is 12.7 Å². The SMILES string of the molecule is CCCCOc1nc(N)c2[nH]c(=O)n(CCCN(CCC)Cc3ccc(CC(=O)OC)cc3)c2n1. The lowest BCUT2D eigenvalue weighted by Crippen LogP contribution is -2.27. The van der Waals surface area contributed by atoms with Crippen molar-refractivity contribution in [1.82, 2.24) is 24.4 Å². The van der Waals surface area contributed by atoms with Crippen molar-refractivity contribution in [2.24, 2.45) is 0 Å². The highest BCUT2D eigenvalue weighted by Crippen LogP contribution is 2.18. The molecule has 10 heteroatoms. The number of nitrogen functional groups attached to an aromatic ring is 1. The quantitative estimate of drug-likeness (QED) is 0.264. The minimum Gasteiger partial charge on any atom is -0.469 e. The molecule has 3 aromatic rings. The van der Waals surface area contributed by atoms with Crippen molar-refractivity contribution in [3.63, 3.8) is 0 Å². The fourth-order valence-electron chi connectivity index (χ4n) is 3.91. The minimum atomic E-state index is -0.255. The number of aryl methyl sites for hydroxylation is 1. The molecule has 2 heterocycles. The smallest absolute Gasteiger partial charge is 0.327 e. The number of nitrogens with one attached hydrogen (secondary N) is 1. The molecule has 0 fully saturated rings. The summed E-state index contributed by atoms with van der Waals surface area (Å²) in [6.45, 7) is 7.78. The van der Waals surface area contributed by atoms with Crippen molar-refractivity contribution in [3.8, 4) is 6.01 Å². The summed E-state index contributed by atoms with van der Waals surface area (Å²) in [5, 5.41) is 0. The van der Waals surface area contributed by atoms with E-state index in [-0.39, 0.29) is 29.9 Å². The average molecular weight is 485 g/mol. The highest BCUT2D eigenvalue weighted by Gasteiger charge is 2.15. The van der Waals surface area contributed by atoms with Crippen LogP contribution in [0.2, 0.25) is 0 Å². The van der Waals surface area contributed by atoms with Gasteiger partial charge >= 0.3 is 17.7 Å². The summed E-state index contributed by atoms with van der Waals surface area (Å²) in [7, 11) is 1.39. The third-order valence-corrected chi connectivity index (χ3v) is 5.76. The maximum Gasteiger partial charge on any atom is 0.327 e. The zero-order valence-electron chi connectivity index (χ0n) is 20.9. The molecule has 0 unspecified atom stereocenters. The van der Waals surface area contributed by atoms with Crippen molar-refractivity contribution >= 4 is 23.0 Å². The molecule has 0 aliphatic heterocycles. The largest absolute Gasteiger partial charge is 0.469 e. The number of hydrogen-bond acceptors (Lipinski definition) is 8. The van der Waals surface area contributed by atoms with Gasteiger partial charge in [-0.2, -0.15) is 9.97 Å². The number of H-pyrrole nitrogens is 1. The summed E-state index contributed by atoms with van der Waals surface area (Å²) in [4.78, 5) is 37.8. The highest BCUT2D eigenvalue weighted by atomic mass is 16.5. The molecule has 0 bridgehead atoms. The average Bonchev–Trinajstić information content (AvgIpc) is 3.16. The number of fused-ring (bicyclic) bond motifs is 1. The van der Waals surface area contributed by atoms with E-state index in [0.717, 1.165) is 50.9 Å². The topological polar surface area (TPSA) is 128 Å². The van der Waals surface area contributed by atoms with E-state index in [9.17, 15) is 9.59 Å². The third kappa shape index (κ3) is 7.29. The van der Waals surface area contributed by atoms with E-state index < -0.39 is 0 Å². The number of benzene rings is 1. The Labute approximate surface area is 205 Å². The van der Waals surface area contributed by atoms with Gasteiger partial charge in [-0.1, -0.05) is 44.5 Å². The number of aromatic amines is 1. The van der Waals surface area contributed by atoms with Gasteiger partial charge in [-0.3, -0.25) is 14.3 Å². The molecule has 0 saturated heterocycles. The Hall–Kier alpha value is -3.40. The number of unbranched alkanes of at least 4 members (excludes halogenated alkanes) is 1. The van der Waals surface area contributed by atoms with E-state index in [2.05, 4.69) is 33.7 Å². The molecule has 1 aromatic carbocycles. The Morgan fingerprint density at radius 3 is 2.51 bits per heavy atom. The van der Waals surface area contributed by atoms with Crippen LogP contribution in [0.5, 0.6) is 6.01 Å². The number of nitrogens with two attached hydrogens (primary N) is 1. The standard InChI is InChI=1S/C25H36N6O4/c1-4-6-15-35-24-28-22(26)21-23(29-24)31(25(33)27-21)14-7-13-30(12-5-2)17-19-10-8-18(9-11-19)16-20(32)34-3/h8-11H,4-7,12-17H2,1-3H3,(H,27,33)(H2,26,28,29). The Bertz CT molecular complexity index is 1160. The molecular formula is C25H36N6O4. The molecule has 0 aliphatic carbocycles. The molecule has 2 aromatic heterocycles. The normalized spacial score (nSPS) is 11.3. The summed E-state index contributed by atoms with van der Waals surface area (Å²) >= 11 is 0. The molecule has 0 spiro atoms. The number of anilines is 1. The number of nitrogens with zero attached hydrogens (tertiary/aromatic N) is 4. The van der Waals surface area contributed by atoms with E-state index in [4.69, 9.17) is 15.2 Å². The van der Waals surface area contributed by atoms with Gasteiger partial charge < -0.3 is 20.2 Å². The fourth-order valence-corrected chi connectivity index (χ4v) is 3.91. The first-order valence-electron chi connectivity index (χ1n) is 12.2. The van der Waals surface area contributed by atoms with Gasteiger partial charge in [-0.25, -0.2) is 4.79 Å². The summed E-state index contributed by atoms with van der Waals surface area (Å²) in [5.41, 5.74) is 8.80. The van der Waals surface area contributed by atoms with Crippen molar-refractivity contribution in [2.75, 3.05) is 32.5 Å². The van der Waals surface area contributed by atoms with Crippen LogP contribution < -0.4 is 16.2 Å². The van der Waals surface area contributed by atoms with E-state index in [0.29, 0.717) is 24.3 Å². The van der Waals surface area contributed by atoms with Gasteiger partial charge in [0.05, 0.1) is 20.1 Å². The number of carbonyl (C=O) groups excluding carboxylic acids is 1. The summed E-state index contributed by atoms with van der Waals surface area (Å²) < 4.78 is 11.9. The van der Waals surface area contributed by atoms with Gasteiger partial charge in [-0.15, -0.1) is 0 Å². The molecule has 190 valence electrons. The molecule has 10 nitrogen and oxygen atoms in total. The van der Waals surface area contributed by atoms with Crippen molar-refractivity contribution < 1.29 is 14.3 Å². The second-order valence-corrected chi connectivity index (χ2v) is 8.57. The van der Waals surface area contributed by atoms with Crippen LogP contribution in [-0.4, -0.2) is 57.2 Å². The minimum absolute atomic E-state index is 0.194. The lowest BCUT2D eigenvalue weighted by molar-refractivity contribution is -0.139. The molecule has 0 radical (unpaired) electrons. The first-order valence-corrected chi connectivity index (χ1v) is 12.2. The third-order valence-electron chi connectivity index (χ3n) is 5.76. The van der Waals surface area contributed by atoms with Crippen molar-refractivity contribution in [3.05, 3.63) is 45.9 Å². The number of imidazole rings is 1. The van der Waals surface area contributed by atoms with Crippen LogP contribution in [0, 0.1) is 0 Å². The van der Waals surface area contributed by atoms with Crippen LogP contribution in [0.4, 0.5) is 5.82 Å². The predicted octanol–water partition coefficient (Wildman–Crippen LogP) is 2.90. The van der Waals surface area contributed by atoms with Gasteiger partial charge in [0.2, 0.25) is 0 Å². The summed E-state index contributed by atoms with van der Waals surface area (Å²) in [5.74, 6) is -0.0369. The zero-order chi connectivity index (χ0) is 25.2. The molecular weight excluding hydrogens is 448 g/mol. The fraction of sp³-hybridized carbons (Fsp3) is 0.520.